The van der Waals surface area contributed by atoms with Gasteiger partial charge in [0.2, 0.25) is 0 Å². The first-order valence-electron chi connectivity index (χ1n) is 4.97. The van der Waals surface area contributed by atoms with Crippen molar-refractivity contribution in [2.24, 2.45) is 0 Å². The van der Waals surface area contributed by atoms with Gasteiger partial charge in [-0.05, 0) is 38.8 Å². The summed E-state index contributed by atoms with van der Waals surface area (Å²) in [5.41, 5.74) is 0.853. The zero-order valence-electron chi connectivity index (χ0n) is 9.97. The molecule has 0 saturated carbocycles. The lowest BCUT2D eigenvalue weighted by Gasteiger charge is -2.23. The quantitative estimate of drug-likeness (QED) is 0.461. The van der Waals surface area contributed by atoms with E-state index in [0.717, 1.165) is 0 Å². The zero-order chi connectivity index (χ0) is 13.0. The number of allylic oxidation sites excluding steroid dienone is 2. The van der Waals surface area contributed by atoms with Crippen LogP contribution in [0.4, 0.5) is 0 Å². The van der Waals surface area contributed by atoms with Crippen molar-refractivity contribution >= 4 is 0 Å². The van der Waals surface area contributed by atoms with E-state index in [0.29, 0.717) is 11.1 Å². The van der Waals surface area contributed by atoms with E-state index in [1.807, 2.05) is 0 Å². The molecule has 94 valence electrons. The topological polar surface area (TPSA) is 101 Å². The van der Waals surface area contributed by atoms with Gasteiger partial charge in [-0.25, -0.2) is 0 Å². The summed E-state index contributed by atoms with van der Waals surface area (Å²) in [4.78, 5) is 0. The maximum atomic E-state index is 9.54. The molecular formula is C11H20O5. The van der Waals surface area contributed by atoms with E-state index in [4.69, 9.17) is 0 Å². The molecule has 0 aromatic carbocycles. The predicted molar refractivity (Wildman–Crippen MR) is 60.0 cm³/mol. The van der Waals surface area contributed by atoms with Crippen LogP contribution in [0.5, 0.6) is 0 Å². The fourth-order valence-electron chi connectivity index (χ4n) is 1.09. The summed E-state index contributed by atoms with van der Waals surface area (Å²) in [6, 6.07) is 0. The Morgan fingerprint density at radius 2 is 0.938 bits per heavy atom. The lowest BCUT2D eigenvalue weighted by molar-refractivity contribution is -0.0564. The standard InChI is InChI=1S/C11H20O5/c1-5(2)7(12)9(14)11(16)10(15)8(13)6(3)4/h9-16H,1-4H3/t9-,10+,11+. The van der Waals surface area contributed by atoms with Gasteiger partial charge in [0.25, 0.3) is 0 Å². The Morgan fingerprint density at radius 1 is 0.688 bits per heavy atom. The SMILES string of the molecule is CC(C)=C(O)[C@@H](O)[C@H](O)[C@@H](O)C(O)=C(C)C. The largest absolute Gasteiger partial charge is 0.510 e. The fourth-order valence-corrected chi connectivity index (χ4v) is 1.09. The van der Waals surface area contributed by atoms with E-state index in [2.05, 4.69) is 0 Å². The molecule has 0 bridgehead atoms. The van der Waals surface area contributed by atoms with Crippen molar-refractivity contribution in [2.75, 3.05) is 0 Å². The highest BCUT2D eigenvalue weighted by atomic mass is 16.4. The molecule has 0 aliphatic rings. The van der Waals surface area contributed by atoms with Crippen LogP contribution in [0, 0.1) is 0 Å². The molecule has 0 aromatic rings. The van der Waals surface area contributed by atoms with E-state index in [-0.39, 0.29) is 0 Å². The maximum absolute atomic E-state index is 9.54. The number of rotatable bonds is 4. The zero-order valence-corrected chi connectivity index (χ0v) is 9.97. The van der Waals surface area contributed by atoms with Crippen molar-refractivity contribution in [1.82, 2.24) is 0 Å². The Balaban J connectivity index is 4.89. The van der Waals surface area contributed by atoms with E-state index >= 15 is 0 Å². The Labute approximate surface area is 95.0 Å². The molecule has 0 spiro atoms. The van der Waals surface area contributed by atoms with Gasteiger partial charge < -0.3 is 25.5 Å². The molecule has 5 N–H and O–H groups in total. The second-order valence-electron chi connectivity index (χ2n) is 4.15. The molecule has 0 saturated heterocycles. The van der Waals surface area contributed by atoms with Crippen LogP contribution in [0.3, 0.4) is 0 Å². The van der Waals surface area contributed by atoms with Crippen molar-refractivity contribution in [3.63, 3.8) is 0 Å². The summed E-state index contributed by atoms with van der Waals surface area (Å²) >= 11 is 0. The summed E-state index contributed by atoms with van der Waals surface area (Å²) < 4.78 is 0. The predicted octanol–water partition coefficient (Wildman–Crippen LogP) is 0.773. The van der Waals surface area contributed by atoms with E-state index in [9.17, 15) is 25.5 Å². The first-order valence-corrected chi connectivity index (χ1v) is 4.97. The Bertz CT molecular complexity index is 267. The summed E-state index contributed by atoms with van der Waals surface area (Å²) in [6.45, 7) is 6.22. The summed E-state index contributed by atoms with van der Waals surface area (Å²) in [6.07, 6.45) is -4.92. The van der Waals surface area contributed by atoms with Gasteiger partial charge in [0, 0.05) is 0 Å². The van der Waals surface area contributed by atoms with Gasteiger partial charge in [-0.15, -0.1) is 0 Å². The van der Waals surface area contributed by atoms with Crippen LogP contribution in [-0.4, -0.2) is 43.8 Å². The molecule has 3 atom stereocenters. The molecule has 0 aliphatic heterocycles. The minimum absolute atomic E-state index is 0.409. The van der Waals surface area contributed by atoms with Gasteiger partial charge in [0.05, 0.1) is 0 Å². The third kappa shape index (κ3) is 3.52. The molecule has 0 amide bonds. The van der Waals surface area contributed by atoms with Crippen molar-refractivity contribution in [3.05, 3.63) is 22.7 Å². The maximum Gasteiger partial charge on any atom is 0.139 e. The van der Waals surface area contributed by atoms with Gasteiger partial charge in [0.1, 0.15) is 29.8 Å². The average Bonchev–Trinajstić information content (AvgIpc) is 2.23. The molecule has 0 unspecified atom stereocenters. The van der Waals surface area contributed by atoms with Crippen LogP contribution in [0.1, 0.15) is 27.7 Å². The monoisotopic (exact) mass is 232 g/mol. The van der Waals surface area contributed by atoms with E-state index in [1.165, 1.54) is 0 Å². The average molecular weight is 232 g/mol. The number of hydrogen-bond acceptors (Lipinski definition) is 5. The Hall–Kier alpha value is -1.04. The smallest absolute Gasteiger partial charge is 0.139 e. The third-order valence-corrected chi connectivity index (χ3v) is 2.23. The molecule has 5 nitrogen and oxygen atoms in total. The minimum atomic E-state index is -1.68. The highest BCUT2D eigenvalue weighted by Crippen LogP contribution is 2.16. The minimum Gasteiger partial charge on any atom is -0.510 e. The van der Waals surface area contributed by atoms with Gasteiger partial charge in [0.15, 0.2) is 0 Å². The first-order chi connectivity index (χ1) is 7.20. The van der Waals surface area contributed by atoms with Crippen molar-refractivity contribution < 1.29 is 25.5 Å². The van der Waals surface area contributed by atoms with Crippen LogP contribution >= 0.6 is 0 Å². The highest BCUT2D eigenvalue weighted by molar-refractivity contribution is 5.14. The highest BCUT2D eigenvalue weighted by Gasteiger charge is 2.30. The molecular weight excluding hydrogens is 212 g/mol. The van der Waals surface area contributed by atoms with Crippen molar-refractivity contribution in [3.8, 4) is 0 Å². The number of aliphatic hydroxyl groups is 5. The fraction of sp³-hybridized carbons (Fsp3) is 0.636. The number of hydrogen-bond donors (Lipinski definition) is 5. The molecule has 0 rings (SSSR count). The van der Waals surface area contributed by atoms with Crippen LogP contribution < -0.4 is 0 Å². The van der Waals surface area contributed by atoms with Crippen molar-refractivity contribution in [1.29, 1.82) is 0 Å². The van der Waals surface area contributed by atoms with E-state index < -0.39 is 29.8 Å². The third-order valence-electron chi connectivity index (χ3n) is 2.23. The molecule has 0 aliphatic carbocycles. The van der Waals surface area contributed by atoms with Crippen LogP contribution in [0.15, 0.2) is 22.7 Å². The number of aliphatic hydroxyl groups excluding tert-OH is 5. The summed E-state index contributed by atoms with van der Waals surface area (Å²) in [5.74, 6) is -0.818. The molecule has 16 heavy (non-hydrogen) atoms. The van der Waals surface area contributed by atoms with Gasteiger partial charge in [-0.2, -0.15) is 0 Å². The van der Waals surface area contributed by atoms with Gasteiger partial charge >= 0.3 is 0 Å². The summed E-state index contributed by atoms with van der Waals surface area (Å²) in [7, 11) is 0. The van der Waals surface area contributed by atoms with E-state index in [1.54, 1.807) is 27.7 Å². The van der Waals surface area contributed by atoms with Crippen molar-refractivity contribution in [2.45, 2.75) is 46.0 Å². The lowest BCUT2D eigenvalue weighted by Crippen LogP contribution is -2.40. The second-order valence-corrected chi connectivity index (χ2v) is 4.15. The molecule has 0 aromatic heterocycles. The normalized spacial score (nSPS) is 16.2. The molecule has 0 fully saturated rings. The second kappa shape index (κ2) is 5.89. The van der Waals surface area contributed by atoms with Crippen LogP contribution in [0.25, 0.3) is 0 Å². The Morgan fingerprint density at radius 3 is 1.12 bits per heavy atom. The van der Waals surface area contributed by atoms with Gasteiger partial charge in [-0.1, -0.05) is 0 Å². The summed E-state index contributed by atoms with van der Waals surface area (Å²) in [5, 5.41) is 47.3. The van der Waals surface area contributed by atoms with Crippen LogP contribution in [-0.2, 0) is 0 Å². The Kier molecular flexibility index (Phi) is 5.50. The lowest BCUT2D eigenvalue weighted by atomic mass is 10.0. The van der Waals surface area contributed by atoms with Crippen LogP contribution in [0.2, 0.25) is 0 Å². The molecule has 0 radical (unpaired) electrons. The molecule has 0 heterocycles. The first kappa shape index (κ1) is 15.0. The molecule has 5 heteroatoms. The van der Waals surface area contributed by atoms with Gasteiger partial charge in [-0.3, -0.25) is 0 Å².